The monoisotopic (exact) mass is 321 g/mol. The second-order valence-electron chi connectivity index (χ2n) is 6.27. The molecule has 0 amide bonds. The summed E-state index contributed by atoms with van der Waals surface area (Å²) in [6, 6.07) is 7.08. The highest BCUT2D eigenvalue weighted by Gasteiger charge is 2.24. The summed E-state index contributed by atoms with van der Waals surface area (Å²) in [7, 11) is 0. The van der Waals surface area contributed by atoms with E-state index in [1.54, 1.807) is 13.8 Å². The van der Waals surface area contributed by atoms with Crippen LogP contribution in [0.25, 0.3) is 0 Å². The minimum Gasteiger partial charge on any atom is -0.461 e. The van der Waals surface area contributed by atoms with Crippen LogP contribution >= 0.6 is 0 Å². The van der Waals surface area contributed by atoms with Crippen molar-refractivity contribution < 1.29 is 14.3 Å². The lowest BCUT2D eigenvalue weighted by atomic mass is 10.0. The van der Waals surface area contributed by atoms with Crippen molar-refractivity contribution in [3.63, 3.8) is 0 Å². The maximum atomic E-state index is 11.8. The molecule has 23 heavy (non-hydrogen) atoms. The van der Waals surface area contributed by atoms with Gasteiger partial charge in [0.1, 0.15) is 0 Å². The second kappa shape index (κ2) is 9.40. The standard InChI is InChI=1S/C18H27NO4/c1-12(2)22-17(15-8-6-14(5)7-9-15)11-10-16(19-21)18(20)23-13(3)4/h6-9,12-13,16-17H,10-11H2,1-5H3. The van der Waals surface area contributed by atoms with E-state index in [1.165, 1.54) is 5.56 Å². The number of aryl methyl sites for hydroxylation is 1. The molecule has 1 rings (SSSR count). The molecule has 0 saturated carbocycles. The second-order valence-corrected chi connectivity index (χ2v) is 6.27. The Labute approximate surface area is 138 Å². The molecule has 5 heteroatoms. The molecule has 0 bridgehead atoms. The Morgan fingerprint density at radius 2 is 1.65 bits per heavy atom. The maximum Gasteiger partial charge on any atom is 0.334 e. The first-order chi connectivity index (χ1) is 10.8. The van der Waals surface area contributed by atoms with E-state index in [1.807, 2.05) is 45.0 Å². The van der Waals surface area contributed by atoms with Crippen LogP contribution in [0.4, 0.5) is 0 Å². The normalized spacial score (nSPS) is 13.9. The lowest BCUT2D eigenvalue weighted by Crippen LogP contribution is -2.25. The highest BCUT2D eigenvalue weighted by atomic mass is 16.5. The molecule has 2 unspecified atom stereocenters. The van der Waals surface area contributed by atoms with Gasteiger partial charge in [-0.2, -0.15) is 0 Å². The Balaban J connectivity index is 2.74. The predicted molar refractivity (Wildman–Crippen MR) is 90.2 cm³/mol. The number of nitrogens with zero attached hydrogens (tertiary/aromatic N) is 1. The third kappa shape index (κ3) is 6.91. The van der Waals surface area contributed by atoms with Crippen molar-refractivity contribution in [2.24, 2.45) is 5.18 Å². The topological polar surface area (TPSA) is 65.0 Å². The van der Waals surface area contributed by atoms with Gasteiger partial charge in [-0.3, -0.25) is 0 Å². The fourth-order valence-electron chi connectivity index (χ4n) is 2.26. The molecule has 128 valence electrons. The zero-order valence-corrected chi connectivity index (χ0v) is 14.6. The number of hydrogen-bond donors (Lipinski definition) is 0. The Bertz CT molecular complexity index is 496. The number of ether oxygens (including phenoxy) is 2. The lowest BCUT2D eigenvalue weighted by Gasteiger charge is -2.22. The van der Waals surface area contributed by atoms with Gasteiger partial charge in [0.15, 0.2) is 6.04 Å². The van der Waals surface area contributed by atoms with Crippen LogP contribution in [0.15, 0.2) is 29.4 Å². The molecule has 0 aliphatic carbocycles. The largest absolute Gasteiger partial charge is 0.461 e. The van der Waals surface area contributed by atoms with E-state index >= 15 is 0 Å². The van der Waals surface area contributed by atoms with Crippen LogP contribution in [0.5, 0.6) is 0 Å². The molecule has 2 atom stereocenters. The Morgan fingerprint density at radius 3 is 2.13 bits per heavy atom. The van der Waals surface area contributed by atoms with E-state index in [4.69, 9.17) is 9.47 Å². The van der Waals surface area contributed by atoms with Crippen LogP contribution in [-0.4, -0.2) is 24.2 Å². The zero-order valence-electron chi connectivity index (χ0n) is 14.6. The highest BCUT2D eigenvalue weighted by Crippen LogP contribution is 2.26. The number of benzene rings is 1. The van der Waals surface area contributed by atoms with Crippen molar-refractivity contribution in [1.29, 1.82) is 0 Å². The van der Waals surface area contributed by atoms with Crippen molar-refractivity contribution >= 4 is 5.97 Å². The van der Waals surface area contributed by atoms with Crippen LogP contribution in [0.3, 0.4) is 0 Å². The molecule has 0 saturated heterocycles. The number of nitroso groups, excluding NO2 is 1. The molecule has 0 aliphatic heterocycles. The summed E-state index contributed by atoms with van der Waals surface area (Å²) >= 11 is 0. The number of carbonyl (C=O) groups is 1. The van der Waals surface area contributed by atoms with Crippen LogP contribution in [-0.2, 0) is 14.3 Å². The lowest BCUT2D eigenvalue weighted by molar-refractivity contribution is -0.149. The molecular formula is C18H27NO4. The van der Waals surface area contributed by atoms with E-state index in [2.05, 4.69) is 5.18 Å². The molecule has 0 aromatic heterocycles. The molecule has 0 N–H and O–H groups in total. The van der Waals surface area contributed by atoms with E-state index in [0.717, 1.165) is 5.56 Å². The summed E-state index contributed by atoms with van der Waals surface area (Å²) in [4.78, 5) is 22.8. The van der Waals surface area contributed by atoms with Crippen LogP contribution in [0, 0.1) is 11.8 Å². The van der Waals surface area contributed by atoms with Gasteiger partial charge in [-0.15, -0.1) is 4.91 Å². The minimum absolute atomic E-state index is 0.0477. The smallest absolute Gasteiger partial charge is 0.334 e. The Morgan fingerprint density at radius 1 is 1.04 bits per heavy atom. The van der Waals surface area contributed by atoms with Gasteiger partial charge in [-0.1, -0.05) is 35.0 Å². The first-order valence-corrected chi connectivity index (χ1v) is 8.08. The third-order valence-corrected chi connectivity index (χ3v) is 3.34. The van der Waals surface area contributed by atoms with Gasteiger partial charge < -0.3 is 9.47 Å². The van der Waals surface area contributed by atoms with Crippen molar-refractivity contribution in [3.8, 4) is 0 Å². The van der Waals surface area contributed by atoms with E-state index in [0.29, 0.717) is 12.8 Å². The molecule has 1 aromatic carbocycles. The van der Waals surface area contributed by atoms with Gasteiger partial charge >= 0.3 is 5.97 Å². The summed E-state index contributed by atoms with van der Waals surface area (Å²) in [5.74, 6) is -0.567. The van der Waals surface area contributed by atoms with Crippen LogP contribution < -0.4 is 0 Å². The summed E-state index contributed by atoms with van der Waals surface area (Å²) < 4.78 is 11.0. The van der Waals surface area contributed by atoms with E-state index in [-0.39, 0.29) is 18.3 Å². The van der Waals surface area contributed by atoms with Crippen molar-refractivity contribution in [2.75, 3.05) is 0 Å². The van der Waals surface area contributed by atoms with Gasteiger partial charge in [0.25, 0.3) is 0 Å². The Hall–Kier alpha value is -1.75. The first-order valence-electron chi connectivity index (χ1n) is 8.08. The number of hydrogen-bond acceptors (Lipinski definition) is 5. The molecule has 0 fully saturated rings. The van der Waals surface area contributed by atoms with Crippen molar-refractivity contribution in [1.82, 2.24) is 0 Å². The highest BCUT2D eigenvalue weighted by molar-refractivity contribution is 5.76. The average molecular weight is 321 g/mol. The fraction of sp³-hybridized carbons (Fsp3) is 0.611. The quantitative estimate of drug-likeness (QED) is 0.501. The maximum absolute atomic E-state index is 11.8. The molecule has 0 heterocycles. The zero-order chi connectivity index (χ0) is 17.4. The fourth-order valence-corrected chi connectivity index (χ4v) is 2.26. The summed E-state index contributed by atoms with van der Waals surface area (Å²) in [6.45, 7) is 9.44. The summed E-state index contributed by atoms with van der Waals surface area (Å²) in [6.07, 6.45) is 0.454. The molecule has 0 radical (unpaired) electrons. The summed E-state index contributed by atoms with van der Waals surface area (Å²) in [5, 5.41) is 2.92. The Kier molecular flexibility index (Phi) is 7.89. The van der Waals surface area contributed by atoms with Crippen LogP contribution in [0.2, 0.25) is 0 Å². The molecule has 0 spiro atoms. The van der Waals surface area contributed by atoms with Gasteiger partial charge in [-0.25, -0.2) is 4.79 Å². The van der Waals surface area contributed by atoms with E-state index in [9.17, 15) is 9.70 Å². The van der Waals surface area contributed by atoms with Gasteiger partial charge in [-0.05, 0) is 53.0 Å². The van der Waals surface area contributed by atoms with Gasteiger partial charge in [0.2, 0.25) is 0 Å². The van der Waals surface area contributed by atoms with Crippen molar-refractivity contribution in [2.45, 2.75) is 71.8 Å². The average Bonchev–Trinajstić information content (AvgIpc) is 2.46. The minimum atomic E-state index is -0.985. The number of esters is 1. The number of carbonyl (C=O) groups excluding carboxylic acids is 1. The van der Waals surface area contributed by atoms with Gasteiger partial charge in [0, 0.05) is 0 Å². The third-order valence-electron chi connectivity index (χ3n) is 3.34. The predicted octanol–water partition coefficient (Wildman–Crippen LogP) is 4.33. The summed E-state index contributed by atoms with van der Waals surface area (Å²) in [5.41, 5.74) is 2.20. The van der Waals surface area contributed by atoms with Crippen molar-refractivity contribution in [3.05, 3.63) is 40.3 Å². The first kappa shape index (κ1) is 19.3. The van der Waals surface area contributed by atoms with Gasteiger partial charge in [0.05, 0.1) is 18.3 Å². The molecule has 5 nitrogen and oxygen atoms in total. The number of rotatable bonds is 9. The van der Waals surface area contributed by atoms with E-state index < -0.39 is 12.0 Å². The molecule has 0 aliphatic rings. The SMILES string of the molecule is Cc1ccc(C(CCC(N=O)C(=O)OC(C)C)OC(C)C)cc1. The molecule has 1 aromatic rings. The van der Waals surface area contributed by atoms with Crippen LogP contribution in [0.1, 0.15) is 57.8 Å². The molecular weight excluding hydrogens is 294 g/mol.